The minimum absolute atomic E-state index is 0. The van der Waals surface area contributed by atoms with E-state index < -0.39 is 0 Å². The van der Waals surface area contributed by atoms with Crippen LogP contribution in [0.15, 0.2) is 18.2 Å². The Morgan fingerprint density at radius 3 is 2.14 bits per heavy atom. The number of hydrogen-bond acceptors (Lipinski definition) is 1. The van der Waals surface area contributed by atoms with Crippen LogP contribution in [0.5, 0.6) is 0 Å². The summed E-state index contributed by atoms with van der Waals surface area (Å²) in [6, 6.07) is 6.73. The SMILES string of the molecule is Cl.Nc1cc(C2CC2)ccc1C1CC1. The molecular weight excluding hydrogens is 194 g/mol. The first-order valence-electron chi connectivity index (χ1n) is 5.24. The lowest BCUT2D eigenvalue weighted by molar-refractivity contribution is 1.09. The molecule has 0 bridgehead atoms. The van der Waals surface area contributed by atoms with Crippen LogP contribution in [0, 0.1) is 0 Å². The predicted molar refractivity (Wildman–Crippen MR) is 62.1 cm³/mol. The van der Waals surface area contributed by atoms with Gasteiger partial charge in [-0.3, -0.25) is 0 Å². The molecule has 3 rings (SSSR count). The molecule has 14 heavy (non-hydrogen) atoms. The first-order valence-corrected chi connectivity index (χ1v) is 5.24. The Morgan fingerprint density at radius 1 is 1.00 bits per heavy atom. The van der Waals surface area contributed by atoms with Crippen molar-refractivity contribution in [2.45, 2.75) is 37.5 Å². The molecule has 1 aromatic carbocycles. The van der Waals surface area contributed by atoms with Gasteiger partial charge in [-0.25, -0.2) is 0 Å². The molecule has 0 atom stereocenters. The molecule has 1 nitrogen and oxygen atoms in total. The van der Waals surface area contributed by atoms with Crippen molar-refractivity contribution < 1.29 is 0 Å². The molecule has 0 heterocycles. The molecule has 0 aliphatic heterocycles. The van der Waals surface area contributed by atoms with E-state index in [0.717, 1.165) is 17.5 Å². The molecule has 0 amide bonds. The molecule has 2 N–H and O–H groups in total. The summed E-state index contributed by atoms with van der Waals surface area (Å²) in [5.74, 6) is 1.61. The summed E-state index contributed by atoms with van der Waals surface area (Å²) in [6.45, 7) is 0. The van der Waals surface area contributed by atoms with Gasteiger partial charge in [0.25, 0.3) is 0 Å². The molecule has 76 valence electrons. The van der Waals surface area contributed by atoms with E-state index in [1.54, 1.807) is 0 Å². The van der Waals surface area contributed by atoms with E-state index in [1.165, 1.54) is 36.8 Å². The first-order chi connectivity index (χ1) is 6.34. The van der Waals surface area contributed by atoms with E-state index in [-0.39, 0.29) is 12.4 Å². The fraction of sp³-hybridized carbons (Fsp3) is 0.500. The maximum absolute atomic E-state index is 6.03. The van der Waals surface area contributed by atoms with Crippen LogP contribution >= 0.6 is 12.4 Å². The largest absolute Gasteiger partial charge is 0.398 e. The Bertz CT molecular complexity index is 340. The molecule has 1 aromatic rings. The van der Waals surface area contributed by atoms with Crippen molar-refractivity contribution in [3.05, 3.63) is 29.3 Å². The molecule has 2 heteroatoms. The van der Waals surface area contributed by atoms with E-state index in [1.807, 2.05) is 0 Å². The maximum atomic E-state index is 6.03. The van der Waals surface area contributed by atoms with Crippen molar-refractivity contribution in [3.63, 3.8) is 0 Å². The van der Waals surface area contributed by atoms with E-state index >= 15 is 0 Å². The third-order valence-corrected chi connectivity index (χ3v) is 3.18. The lowest BCUT2D eigenvalue weighted by Crippen LogP contribution is -1.93. The molecule has 0 spiro atoms. The molecule has 2 aliphatic rings. The predicted octanol–water partition coefficient (Wildman–Crippen LogP) is 3.45. The van der Waals surface area contributed by atoms with Crippen molar-refractivity contribution in [3.8, 4) is 0 Å². The molecule has 0 saturated heterocycles. The minimum atomic E-state index is 0. The summed E-state index contributed by atoms with van der Waals surface area (Å²) in [4.78, 5) is 0. The lowest BCUT2D eigenvalue weighted by atomic mass is 10.0. The Balaban J connectivity index is 0.000000750. The Labute approximate surface area is 91.1 Å². The fourth-order valence-electron chi connectivity index (χ4n) is 2.03. The normalized spacial score (nSPS) is 20.3. The van der Waals surface area contributed by atoms with Gasteiger partial charge < -0.3 is 5.73 Å². The third kappa shape index (κ3) is 1.74. The van der Waals surface area contributed by atoms with Crippen LogP contribution in [0.3, 0.4) is 0 Å². The van der Waals surface area contributed by atoms with Crippen molar-refractivity contribution in [1.82, 2.24) is 0 Å². The Hall–Kier alpha value is -0.690. The van der Waals surface area contributed by atoms with E-state index in [0.29, 0.717) is 0 Å². The average molecular weight is 210 g/mol. The highest BCUT2D eigenvalue weighted by Gasteiger charge is 2.28. The maximum Gasteiger partial charge on any atom is 0.0352 e. The summed E-state index contributed by atoms with van der Waals surface area (Å²) >= 11 is 0. The zero-order valence-corrected chi connectivity index (χ0v) is 9.02. The Kier molecular flexibility index (Phi) is 2.44. The van der Waals surface area contributed by atoms with Gasteiger partial charge in [0.2, 0.25) is 0 Å². The third-order valence-electron chi connectivity index (χ3n) is 3.18. The summed E-state index contributed by atoms with van der Waals surface area (Å²) < 4.78 is 0. The van der Waals surface area contributed by atoms with Crippen LogP contribution in [-0.4, -0.2) is 0 Å². The number of nitrogen functional groups attached to an aromatic ring is 1. The molecule has 2 fully saturated rings. The summed E-state index contributed by atoms with van der Waals surface area (Å²) in [5, 5.41) is 0. The van der Waals surface area contributed by atoms with Gasteiger partial charge in [-0.1, -0.05) is 12.1 Å². The van der Waals surface area contributed by atoms with Crippen molar-refractivity contribution in [2.75, 3.05) is 5.73 Å². The molecule has 0 radical (unpaired) electrons. The van der Waals surface area contributed by atoms with Crippen LogP contribution in [-0.2, 0) is 0 Å². The number of benzene rings is 1. The quantitative estimate of drug-likeness (QED) is 0.742. The zero-order valence-electron chi connectivity index (χ0n) is 8.20. The standard InChI is InChI=1S/C12H15N.ClH/c13-12-7-10(8-1-2-8)5-6-11(12)9-3-4-9;/h5-9H,1-4,13H2;1H. The second-order valence-electron chi connectivity index (χ2n) is 4.44. The van der Waals surface area contributed by atoms with Crippen LogP contribution in [0.2, 0.25) is 0 Å². The fourth-order valence-corrected chi connectivity index (χ4v) is 2.03. The number of hydrogen-bond donors (Lipinski definition) is 1. The highest BCUT2D eigenvalue weighted by atomic mass is 35.5. The number of nitrogens with two attached hydrogens (primary N) is 1. The van der Waals surface area contributed by atoms with Crippen molar-refractivity contribution in [2.24, 2.45) is 0 Å². The van der Waals surface area contributed by atoms with E-state index in [9.17, 15) is 0 Å². The highest BCUT2D eigenvalue weighted by Crippen LogP contribution is 2.45. The van der Waals surface area contributed by atoms with Gasteiger partial charge in [0.05, 0.1) is 0 Å². The second kappa shape index (κ2) is 3.47. The van der Waals surface area contributed by atoms with E-state index in [4.69, 9.17) is 5.73 Å². The van der Waals surface area contributed by atoms with Crippen LogP contribution < -0.4 is 5.73 Å². The lowest BCUT2D eigenvalue weighted by Gasteiger charge is -2.06. The van der Waals surface area contributed by atoms with Crippen LogP contribution in [0.4, 0.5) is 5.69 Å². The number of anilines is 1. The van der Waals surface area contributed by atoms with Gasteiger partial charge in [0.15, 0.2) is 0 Å². The van der Waals surface area contributed by atoms with Crippen LogP contribution in [0.25, 0.3) is 0 Å². The average Bonchev–Trinajstić information content (AvgIpc) is 3.00. The smallest absolute Gasteiger partial charge is 0.0352 e. The summed E-state index contributed by atoms with van der Waals surface area (Å²) in [7, 11) is 0. The molecule has 2 saturated carbocycles. The summed E-state index contributed by atoms with van der Waals surface area (Å²) in [6.07, 6.45) is 5.41. The Morgan fingerprint density at radius 2 is 1.64 bits per heavy atom. The van der Waals surface area contributed by atoms with Gasteiger partial charge in [0, 0.05) is 5.69 Å². The van der Waals surface area contributed by atoms with Gasteiger partial charge in [-0.15, -0.1) is 12.4 Å². The molecule has 2 aliphatic carbocycles. The molecule has 0 unspecified atom stereocenters. The molecular formula is C12H16ClN. The van der Waals surface area contributed by atoms with Crippen LogP contribution in [0.1, 0.15) is 48.6 Å². The van der Waals surface area contributed by atoms with E-state index in [2.05, 4.69) is 18.2 Å². The van der Waals surface area contributed by atoms with Crippen molar-refractivity contribution in [1.29, 1.82) is 0 Å². The highest BCUT2D eigenvalue weighted by molar-refractivity contribution is 5.85. The zero-order chi connectivity index (χ0) is 8.84. The number of rotatable bonds is 2. The van der Waals surface area contributed by atoms with Crippen molar-refractivity contribution >= 4 is 18.1 Å². The topological polar surface area (TPSA) is 26.0 Å². The summed E-state index contributed by atoms with van der Waals surface area (Å²) in [5.41, 5.74) is 9.92. The van der Waals surface area contributed by atoms with Gasteiger partial charge >= 0.3 is 0 Å². The minimum Gasteiger partial charge on any atom is -0.398 e. The van der Waals surface area contributed by atoms with Gasteiger partial charge in [-0.2, -0.15) is 0 Å². The number of halogens is 1. The molecule has 0 aromatic heterocycles. The first kappa shape index (κ1) is 9.85. The van der Waals surface area contributed by atoms with Gasteiger partial charge in [-0.05, 0) is 54.7 Å². The second-order valence-corrected chi connectivity index (χ2v) is 4.44. The monoisotopic (exact) mass is 209 g/mol. The van der Waals surface area contributed by atoms with Gasteiger partial charge in [0.1, 0.15) is 0 Å².